The second kappa shape index (κ2) is 11.1. The van der Waals surface area contributed by atoms with Gasteiger partial charge in [-0.15, -0.1) is 0 Å². The quantitative estimate of drug-likeness (QED) is 0.568. The highest BCUT2D eigenvalue weighted by Crippen LogP contribution is 2.30. The molecule has 2 aromatic rings. The molecule has 1 heterocycles. The lowest BCUT2D eigenvalue weighted by molar-refractivity contribution is -0.132. The average molecular weight is 474 g/mol. The van der Waals surface area contributed by atoms with E-state index in [4.69, 9.17) is 0 Å². The first kappa shape index (κ1) is 25.2. The second-order valence-electron chi connectivity index (χ2n) is 8.69. The second-order valence-corrected chi connectivity index (χ2v) is 10.4. The van der Waals surface area contributed by atoms with Gasteiger partial charge in [0.15, 0.2) is 0 Å². The zero-order valence-electron chi connectivity index (χ0n) is 19.8. The molecule has 33 heavy (non-hydrogen) atoms. The third-order valence-electron chi connectivity index (χ3n) is 6.42. The number of benzene rings is 2. The molecule has 2 N–H and O–H groups in total. The number of nitrogens with one attached hydrogen (secondary N) is 2. The highest BCUT2D eigenvalue weighted by Gasteiger charge is 2.28. The van der Waals surface area contributed by atoms with E-state index in [9.17, 15) is 18.0 Å². The first-order chi connectivity index (χ1) is 15.8. The van der Waals surface area contributed by atoms with Crippen LogP contribution in [-0.4, -0.2) is 44.3 Å². The molecule has 1 aliphatic rings. The van der Waals surface area contributed by atoms with Gasteiger partial charge in [0.25, 0.3) is 0 Å². The van der Waals surface area contributed by atoms with Crippen LogP contribution in [0, 0.1) is 5.92 Å². The van der Waals surface area contributed by atoms with Crippen molar-refractivity contribution in [2.24, 2.45) is 5.92 Å². The maximum atomic E-state index is 13.3. The standard InChI is InChI=1S/C25H35N3O4S/c1-4-9-24(29)28-16-14-19(15-17-28)27-33(31,32)23-13-12-22(20-10-7-8-11-21(20)23)26-25(30)18(5-2)6-3/h7-8,10-13,18-19,27H,4-6,9,14-17H2,1-3H3,(H,26,30). The zero-order chi connectivity index (χ0) is 24.0. The van der Waals surface area contributed by atoms with Crippen molar-refractivity contribution in [2.75, 3.05) is 18.4 Å². The maximum absolute atomic E-state index is 13.3. The Kier molecular flexibility index (Phi) is 8.48. The molecule has 0 aromatic heterocycles. The van der Waals surface area contributed by atoms with Crippen LogP contribution >= 0.6 is 0 Å². The Balaban J connectivity index is 1.79. The fraction of sp³-hybridized carbons (Fsp3) is 0.520. The number of hydrogen-bond donors (Lipinski definition) is 2. The minimum atomic E-state index is -3.77. The summed E-state index contributed by atoms with van der Waals surface area (Å²) in [6.07, 6.45) is 4.03. The number of anilines is 1. The number of rotatable bonds is 9. The molecule has 180 valence electrons. The zero-order valence-corrected chi connectivity index (χ0v) is 20.6. The number of hydrogen-bond acceptors (Lipinski definition) is 4. The fourth-order valence-corrected chi connectivity index (χ4v) is 5.93. The Labute approximate surface area is 197 Å². The predicted octanol–water partition coefficient (Wildman–Crippen LogP) is 4.28. The lowest BCUT2D eigenvalue weighted by Gasteiger charge is -2.32. The summed E-state index contributed by atoms with van der Waals surface area (Å²) in [6, 6.07) is 10.2. The first-order valence-corrected chi connectivity index (χ1v) is 13.4. The van der Waals surface area contributed by atoms with E-state index in [0.717, 1.165) is 19.3 Å². The summed E-state index contributed by atoms with van der Waals surface area (Å²) >= 11 is 0. The third kappa shape index (κ3) is 5.92. The summed E-state index contributed by atoms with van der Waals surface area (Å²) in [4.78, 5) is 26.7. The highest BCUT2D eigenvalue weighted by molar-refractivity contribution is 7.89. The van der Waals surface area contributed by atoms with Crippen molar-refractivity contribution >= 4 is 38.3 Å². The lowest BCUT2D eigenvalue weighted by Crippen LogP contribution is -2.46. The van der Waals surface area contributed by atoms with Gasteiger partial charge in [0.05, 0.1) is 4.90 Å². The van der Waals surface area contributed by atoms with Crippen LogP contribution in [0.4, 0.5) is 5.69 Å². The number of sulfonamides is 1. The van der Waals surface area contributed by atoms with Gasteiger partial charge in [-0.1, -0.05) is 45.0 Å². The van der Waals surface area contributed by atoms with Crippen LogP contribution in [0.15, 0.2) is 41.3 Å². The van der Waals surface area contributed by atoms with Crippen LogP contribution < -0.4 is 10.0 Å². The van der Waals surface area contributed by atoms with E-state index in [1.807, 2.05) is 37.8 Å². The minimum absolute atomic E-state index is 0.0525. The van der Waals surface area contributed by atoms with Crippen LogP contribution in [0.25, 0.3) is 10.8 Å². The Bertz CT molecular complexity index is 1090. The van der Waals surface area contributed by atoms with Crippen LogP contribution in [0.1, 0.15) is 59.3 Å². The molecule has 1 fully saturated rings. The van der Waals surface area contributed by atoms with Crippen molar-refractivity contribution in [3.63, 3.8) is 0 Å². The number of likely N-dealkylation sites (tertiary alicyclic amines) is 1. The summed E-state index contributed by atoms with van der Waals surface area (Å²) in [5.74, 6) is 0.00278. The van der Waals surface area contributed by atoms with E-state index in [0.29, 0.717) is 48.8 Å². The summed E-state index contributed by atoms with van der Waals surface area (Å²) < 4.78 is 29.4. The van der Waals surface area contributed by atoms with Gasteiger partial charge < -0.3 is 10.2 Å². The Morgan fingerprint density at radius 1 is 1.00 bits per heavy atom. The topological polar surface area (TPSA) is 95.6 Å². The van der Waals surface area contributed by atoms with Gasteiger partial charge in [0.1, 0.15) is 0 Å². The van der Waals surface area contributed by atoms with Crippen molar-refractivity contribution < 1.29 is 18.0 Å². The van der Waals surface area contributed by atoms with Gasteiger partial charge in [-0.05, 0) is 44.2 Å². The molecule has 0 aliphatic carbocycles. The molecule has 0 bridgehead atoms. The average Bonchev–Trinajstić information content (AvgIpc) is 2.80. The molecule has 7 nitrogen and oxygen atoms in total. The van der Waals surface area contributed by atoms with E-state index in [1.165, 1.54) is 0 Å². The van der Waals surface area contributed by atoms with Crippen molar-refractivity contribution in [3.8, 4) is 0 Å². The Morgan fingerprint density at radius 3 is 2.24 bits per heavy atom. The summed E-state index contributed by atoms with van der Waals surface area (Å²) in [7, 11) is -3.77. The molecule has 0 saturated carbocycles. The Morgan fingerprint density at radius 2 is 1.64 bits per heavy atom. The molecule has 2 aromatic carbocycles. The fourth-order valence-electron chi connectivity index (χ4n) is 4.41. The van der Waals surface area contributed by atoms with Crippen molar-refractivity contribution in [2.45, 2.75) is 70.2 Å². The van der Waals surface area contributed by atoms with Crippen molar-refractivity contribution in [1.82, 2.24) is 9.62 Å². The predicted molar refractivity (Wildman–Crippen MR) is 131 cm³/mol. The van der Waals surface area contributed by atoms with Gasteiger partial charge in [-0.25, -0.2) is 13.1 Å². The molecule has 2 amide bonds. The normalized spacial score (nSPS) is 15.2. The number of carbonyl (C=O) groups is 2. The maximum Gasteiger partial charge on any atom is 0.241 e. The van der Waals surface area contributed by atoms with Crippen LogP contribution in [-0.2, 0) is 19.6 Å². The number of amides is 2. The van der Waals surface area contributed by atoms with Gasteiger partial charge in [-0.3, -0.25) is 9.59 Å². The van der Waals surface area contributed by atoms with E-state index in [2.05, 4.69) is 10.0 Å². The Hall–Kier alpha value is -2.45. The van der Waals surface area contributed by atoms with Crippen LogP contribution in [0.3, 0.4) is 0 Å². The molecular formula is C25H35N3O4S. The molecule has 8 heteroatoms. The van der Waals surface area contributed by atoms with Gasteiger partial charge in [-0.2, -0.15) is 0 Å². The molecule has 0 spiro atoms. The monoisotopic (exact) mass is 473 g/mol. The third-order valence-corrected chi connectivity index (χ3v) is 8.00. The van der Waals surface area contributed by atoms with E-state index in [1.54, 1.807) is 24.3 Å². The SMILES string of the molecule is CCCC(=O)N1CCC(NS(=O)(=O)c2ccc(NC(=O)C(CC)CC)c3ccccc23)CC1. The van der Waals surface area contributed by atoms with Gasteiger partial charge in [0.2, 0.25) is 21.8 Å². The first-order valence-electron chi connectivity index (χ1n) is 11.9. The number of piperidine rings is 1. The van der Waals surface area contributed by atoms with Crippen molar-refractivity contribution in [3.05, 3.63) is 36.4 Å². The molecule has 0 unspecified atom stereocenters. The van der Waals surface area contributed by atoms with Gasteiger partial charge in [0, 0.05) is 47.9 Å². The van der Waals surface area contributed by atoms with Crippen LogP contribution in [0.2, 0.25) is 0 Å². The van der Waals surface area contributed by atoms with Gasteiger partial charge >= 0.3 is 0 Å². The van der Waals surface area contributed by atoms with E-state index in [-0.39, 0.29) is 28.7 Å². The molecular weight excluding hydrogens is 438 g/mol. The largest absolute Gasteiger partial charge is 0.343 e. The highest BCUT2D eigenvalue weighted by atomic mass is 32.2. The van der Waals surface area contributed by atoms with Crippen LogP contribution in [0.5, 0.6) is 0 Å². The minimum Gasteiger partial charge on any atom is -0.343 e. The molecule has 1 saturated heterocycles. The summed E-state index contributed by atoms with van der Waals surface area (Å²) in [6.45, 7) is 7.07. The smallest absolute Gasteiger partial charge is 0.241 e. The number of fused-ring (bicyclic) bond motifs is 1. The molecule has 0 atom stereocenters. The molecule has 3 rings (SSSR count). The summed E-state index contributed by atoms with van der Waals surface area (Å²) in [5.41, 5.74) is 0.615. The summed E-state index contributed by atoms with van der Waals surface area (Å²) in [5, 5.41) is 4.25. The van der Waals surface area contributed by atoms with E-state index < -0.39 is 10.0 Å². The lowest BCUT2D eigenvalue weighted by atomic mass is 10.0. The molecule has 1 aliphatic heterocycles. The molecule has 0 radical (unpaired) electrons. The van der Waals surface area contributed by atoms with Crippen molar-refractivity contribution in [1.29, 1.82) is 0 Å². The van der Waals surface area contributed by atoms with E-state index >= 15 is 0 Å². The number of carbonyl (C=O) groups excluding carboxylic acids is 2. The number of nitrogens with zero attached hydrogens (tertiary/aromatic N) is 1.